The zero-order valence-electron chi connectivity index (χ0n) is 11.8. The SMILES string of the molecule is CCN(CC1CCC1)c1nc(C2CC2)nc(Cl)c1C. The Labute approximate surface area is 120 Å². The second-order valence-corrected chi connectivity index (χ2v) is 6.29. The molecule has 2 saturated carbocycles. The highest BCUT2D eigenvalue weighted by Gasteiger charge is 2.29. The predicted molar refractivity (Wildman–Crippen MR) is 79.0 cm³/mol. The first-order valence-electron chi connectivity index (χ1n) is 7.48. The molecule has 0 spiro atoms. The van der Waals surface area contributed by atoms with Gasteiger partial charge in [0, 0.05) is 24.6 Å². The van der Waals surface area contributed by atoms with Gasteiger partial charge in [0.2, 0.25) is 0 Å². The van der Waals surface area contributed by atoms with E-state index in [1.54, 1.807) is 0 Å². The van der Waals surface area contributed by atoms with E-state index in [1.165, 1.54) is 32.1 Å². The molecule has 0 amide bonds. The smallest absolute Gasteiger partial charge is 0.137 e. The summed E-state index contributed by atoms with van der Waals surface area (Å²) in [6.45, 7) is 6.35. The molecule has 2 fully saturated rings. The minimum Gasteiger partial charge on any atom is -0.356 e. The number of hydrogen-bond acceptors (Lipinski definition) is 3. The van der Waals surface area contributed by atoms with Crippen molar-refractivity contribution in [1.82, 2.24) is 9.97 Å². The second-order valence-electron chi connectivity index (χ2n) is 5.93. The summed E-state index contributed by atoms with van der Waals surface area (Å²) >= 11 is 6.30. The zero-order chi connectivity index (χ0) is 13.4. The van der Waals surface area contributed by atoms with E-state index >= 15 is 0 Å². The van der Waals surface area contributed by atoms with Gasteiger partial charge in [0.25, 0.3) is 0 Å². The second kappa shape index (κ2) is 5.28. The van der Waals surface area contributed by atoms with Crippen molar-refractivity contribution in [3.63, 3.8) is 0 Å². The molecule has 1 aromatic heterocycles. The maximum Gasteiger partial charge on any atom is 0.137 e. The topological polar surface area (TPSA) is 29.0 Å². The van der Waals surface area contributed by atoms with Crippen molar-refractivity contribution >= 4 is 17.4 Å². The molecule has 104 valence electrons. The lowest BCUT2D eigenvalue weighted by Gasteiger charge is -2.33. The highest BCUT2D eigenvalue weighted by molar-refractivity contribution is 6.30. The number of hydrogen-bond donors (Lipinski definition) is 0. The largest absolute Gasteiger partial charge is 0.356 e. The van der Waals surface area contributed by atoms with Crippen LogP contribution in [0.2, 0.25) is 5.15 Å². The van der Waals surface area contributed by atoms with Crippen LogP contribution in [0.5, 0.6) is 0 Å². The van der Waals surface area contributed by atoms with Gasteiger partial charge < -0.3 is 4.90 Å². The summed E-state index contributed by atoms with van der Waals surface area (Å²) in [5, 5.41) is 0.638. The summed E-state index contributed by atoms with van der Waals surface area (Å²) in [6, 6.07) is 0. The molecule has 1 aromatic rings. The minimum atomic E-state index is 0.555. The quantitative estimate of drug-likeness (QED) is 0.765. The van der Waals surface area contributed by atoms with Crippen molar-refractivity contribution in [1.29, 1.82) is 0 Å². The normalized spacial score (nSPS) is 19.3. The summed E-state index contributed by atoms with van der Waals surface area (Å²) in [6.07, 6.45) is 6.55. The third kappa shape index (κ3) is 2.71. The van der Waals surface area contributed by atoms with E-state index in [9.17, 15) is 0 Å². The molecule has 0 unspecified atom stereocenters. The lowest BCUT2D eigenvalue weighted by atomic mass is 9.85. The number of anilines is 1. The van der Waals surface area contributed by atoms with Gasteiger partial charge in [-0.25, -0.2) is 9.97 Å². The molecular weight excluding hydrogens is 258 g/mol. The molecule has 0 radical (unpaired) electrons. The molecule has 0 saturated heterocycles. The molecule has 0 aliphatic heterocycles. The van der Waals surface area contributed by atoms with Crippen molar-refractivity contribution < 1.29 is 0 Å². The van der Waals surface area contributed by atoms with E-state index in [2.05, 4.69) is 16.8 Å². The molecule has 2 aliphatic rings. The summed E-state index contributed by atoms with van der Waals surface area (Å²) in [4.78, 5) is 11.6. The average Bonchev–Trinajstić information content (AvgIpc) is 3.16. The molecule has 0 N–H and O–H groups in total. The molecule has 2 aliphatic carbocycles. The van der Waals surface area contributed by atoms with E-state index in [4.69, 9.17) is 16.6 Å². The van der Waals surface area contributed by atoms with Crippen LogP contribution in [0.1, 0.15) is 56.3 Å². The lowest BCUT2D eigenvalue weighted by Crippen LogP contribution is -2.33. The summed E-state index contributed by atoms with van der Waals surface area (Å²) < 4.78 is 0. The fourth-order valence-electron chi connectivity index (χ4n) is 2.68. The molecule has 4 heteroatoms. The van der Waals surface area contributed by atoms with Crippen LogP contribution in [0.25, 0.3) is 0 Å². The Morgan fingerprint density at radius 1 is 1.21 bits per heavy atom. The zero-order valence-corrected chi connectivity index (χ0v) is 12.6. The van der Waals surface area contributed by atoms with Gasteiger partial charge in [0.05, 0.1) is 0 Å². The third-order valence-electron chi connectivity index (χ3n) is 4.41. The van der Waals surface area contributed by atoms with Gasteiger partial charge >= 0.3 is 0 Å². The Morgan fingerprint density at radius 3 is 2.47 bits per heavy atom. The lowest BCUT2D eigenvalue weighted by molar-refractivity contribution is 0.318. The standard InChI is InChI=1S/C15H22ClN3/c1-3-19(9-11-5-4-6-11)15-10(2)13(16)17-14(18-15)12-7-8-12/h11-12H,3-9H2,1-2H3. The molecule has 19 heavy (non-hydrogen) atoms. The van der Waals surface area contributed by atoms with Gasteiger partial charge in [-0.3, -0.25) is 0 Å². The van der Waals surface area contributed by atoms with Crippen LogP contribution in [-0.4, -0.2) is 23.1 Å². The van der Waals surface area contributed by atoms with Crippen LogP contribution in [-0.2, 0) is 0 Å². The molecule has 0 aromatic carbocycles. The Bertz CT molecular complexity index is 467. The van der Waals surface area contributed by atoms with Crippen molar-refractivity contribution in [2.75, 3.05) is 18.0 Å². The van der Waals surface area contributed by atoms with Gasteiger partial charge in [0.15, 0.2) is 0 Å². The van der Waals surface area contributed by atoms with Crippen LogP contribution in [0.3, 0.4) is 0 Å². The van der Waals surface area contributed by atoms with Crippen molar-refractivity contribution in [3.05, 3.63) is 16.5 Å². The minimum absolute atomic E-state index is 0.555. The van der Waals surface area contributed by atoms with Crippen LogP contribution in [0.15, 0.2) is 0 Å². The van der Waals surface area contributed by atoms with E-state index in [0.717, 1.165) is 36.2 Å². The van der Waals surface area contributed by atoms with E-state index < -0.39 is 0 Å². The fourth-order valence-corrected chi connectivity index (χ4v) is 2.85. The first-order chi connectivity index (χ1) is 9.19. The molecule has 1 heterocycles. The summed E-state index contributed by atoms with van der Waals surface area (Å²) in [5.74, 6) is 3.42. The Kier molecular flexibility index (Phi) is 3.66. The van der Waals surface area contributed by atoms with Crippen molar-refractivity contribution in [2.24, 2.45) is 5.92 Å². The van der Waals surface area contributed by atoms with Crippen molar-refractivity contribution in [2.45, 2.75) is 51.9 Å². The Morgan fingerprint density at radius 2 is 1.95 bits per heavy atom. The molecule has 3 nitrogen and oxygen atoms in total. The number of halogens is 1. The average molecular weight is 280 g/mol. The Balaban J connectivity index is 1.87. The molecular formula is C15H22ClN3. The van der Waals surface area contributed by atoms with E-state index in [1.807, 2.05) is 6.92 Å². The monoisotopic (exact) mass is 279 g/mol. The summed E-state index contributed by atoms with van der Waals surface area (Å²) in [5.41, 5.74) is 1.03. The van der Waals surface area contributed by atoms with Gasteiger partial charge in [0.1, 0.15) is 16.8 Å². The number of aromatic nitrogens is 2. The van der Waals surface area contributed by atoms with E-state index in [-0.39, 0.29) is 0 Å². The fraction of sp³-hybridized carbons (Fsp3) is 0.733. The maximum atomic E-state index is 6.30. The van der Waals surface area contributed by atoms with Gasteiger partial charge in [-0.1, -0.05) is 18.0 Å². The Hall–Kier alpha value is -0.830. The summed E-state index contributed by atoms with van der Waals surface area (Å²) in [7, 11) is 0. The van der Waals surface area contributed by atoms with Crippen LogP contribution < -0.4 is 4.90 Å². The van der Waals surface area contributed by atoms with Gasteiger partial charge in [-0.05, 0) is 45.4 Å². The van der Waals surface area contributed by atoms with E-state index in [0.29, 0.717) is 11.1 Å². The van der Waals surface area contributed by atoms with Crippen LogP contribution >= 0.6 is 11.6 Å². The van der Waals surface area contributed by atoms with Crippen LogP contribution in [0, 0.1) is 12.8 Å². The third-order valence-corrected chi connectivity index (χ3v) is 4.77. The first-order valence-corrected chi connectivity index (χ1v) is 7.85. The number of nitrogens with zero attached hydrogens (tertiary/aromatic N) is 3. The molecule has 0 atom stereocenters. The molecule has 0 bridgehead atoms. The van der Waals surface area contributed by atoms with Gasteiger partial charge in [-0.2, -0.15) is 0 Å². The predicted octanol–water partition coefficient (Wildman–Crippen LogP) is 3.94. The highest BCUT2D eigenvalue weighted by atomic mass is 35.5. The first kappa shape index (κ1) is 13.2. The highest BCUT2D eigenvalue weighted by Crippen LogP contribution is 2.40. The van der Waals surface area contributed by atoms with Crippen molar-refractivity contribution in [3.8, 4) is 0 Å². The van der Waals surface area contributed by atoms with Gasteiger partial charge in [-0.15, -0.1) is 0 Å². The van der Waals surface area contributed by atoms with Crippen LogP contribution in [0.4, 0.5) is 5.82 Å². The molecule has 3 rings (SSSR count). The maximum absolute atomic E-state index is 6.30. The number of rotatable bonds is 5.